The summed E-state index contributed by atoms with van der Waals surface area (Å²) in [5.74, 6) is 0.277. The molecule has 0 radical (unpaired) electrons. The molecule has 1 aromatic heterocycles. The number of aliphatic hydroxyl groups is 1. The molecule has 0 aliphatic heterocycles. The average Bonchev–Trinajstić information content (AvgIpc) is 2.55. The predicted octanol–water partition coefficient (Wildman–Crippen LogP) is 3.13. The highest BCUT2D eigenvalue weighted by molar-refractivity contribution is 5.88. The zero-order valence-corrected chi connectivity index (χ0v) is 12.8. The van der Waals surface area contributed by atoms with Crippen molar-refractivity contribution in [3.05, 3.63) is 59.8 Å². The summed E-state index contributed by atoms with van der Waals surface area (Å²) >= 11 is 0. The van der Waals surface area contributed by atoms with Crippen molar-refractivity contribution in [1.29, 1.82) is 0 Å². The zero-order chi connectivity index (χ0) is 17.8. The van der Waals surface area contributed by atoms with Crippen LogP contribution in [-0.4, -0.2) is 22.7 Å². The molecular weight excluding hydrogens is 323 g/mol. The van der Waals surface area contributed by atoms with E-state index in [0.29, 0.717) is 0 Å². The highest BCUT2D eigenvalue weighted by Gasteiger charge is 2.34. The van der Waals surface area contributed by atoms with Crippen molar-refractivity contribution < 1.29 is 23.1 Å². The van der Waals surface area contributed by atoms with Crippen molar-refractivity contribution in [3.63, 3.8) is 0 Å². The third-order valence-corrected chi connectivity index (χ3v) is 3.44. The van der Waals surface area contributed by atoms with Crippen LogP contribution in [0, 0.1) is 0 Å². The number of carbonyl (C=O) groups is 1. The van der Waals surface area contributed by atoms with E-state index in [4.69, 9.17) is 0 Å². The molecule has 24 heavy (non-hydrogen) atoms. The summed E-state index contributed by atoms with van der Waals surface area (Å²) < 4.78 is 38.5. The molecule has 1 unspecified atom stereocenters. The number of anilines is 1. The third kappa shape index (κ3) is 4.23. The van der Waals surface area contributed by atoms with E-state index in [0.717, 1.165) is 12.1 Å². The number of nitrogens with one attached hydrogen (secondary N) is 2. The van der Waals surface area contributed by atoms with Crippen LogP contribution in [0.4, 0.5) is 23.8 Å². The minimum absolute atomic E-state index is 0.135. The van der Waals surface area contributed by atoms with Gasteiger partial charge in [-0.05, 0) is 36.8 Å². The highest BCUT2D eigenvalue weighted by atomic mass is 19.4. The number of aliphatic hydroxyl groups excluding tert-OH is 1. The van der Waals surface area contributed by atoms with Gasteiger partial charge in [-0.1, -0.05) is 18.2 Å². The topological polar surface area (TPSA) is 74.2 Å². The van der Waals surface area contributed by atoms with Crippen LogP contribution in [0.2, 0.25) is 0 Å². The molecule has 0 spiro atoms. The van der Waals surface area contributed by atoms with Gasteiger partial charge in [0, 0.05) is 6.20 Å². The van der Waals surface area contributed by atoms with E-state index in [-0.39, 0.29) is 11.4 Å². The lowest BCUT2D eigenvalue weighted by atomic mass is 9.91. The van der Waals surface area contributed by atoms with Gasteiger partial charge in [-0.2, -0.15) is 13.2 Å². The van der Waals surface area contributed by atoms with Crippen molar-refractivity contribution in [2.45, 2.75) is 18.6 Å². The van der Waals surface area contributed by atoms with Crippen molar-refractivity contribution >= 4 is 11.8 Å². The number of nitrogens with zero attached hydrogens (tertiary/aromatic N) is 1. The fraction of sp³-hybridized carbons (Fsp3) is 0.250. The number of urea groups is 1. The maximum absolute atomic E-state index is 12.8. The molecule has 0 saturated carbocycles. The first-order chi connectivity index (χ1) is 11.2. The first kappa shape index (κ1) is 17.7. The Morgan fingerprint density at radius 3 is 2.46 bits per heavy atom. The smallest absolute Gasteiger partial charge is 0.394 e. The first-order valence-electron chi connectivity index (χ1n) is 7.03. The Morgan fingerprint density at radius 1 is 1.17 bits per heavy atom. The second-order valence-corrected chi connectivity index (χ2v) is 5.36. The van der Waals surface area contributed by atoms with Gasteiger partial charge >= 0.3 is 12.2 Å². The van der Waals surface area contributed by atoms with Gasteiger partial charge < -0.3 is 10.4 Å². The molecule has 1 heterocycles. The maximum Gasteiger partial charge on any atom is 0.416 e. The normalized spacial score (nSPS) is 13.9. The molecule has 0 fully saturated rings. The molecule has 128 valence electrons. The van der Waals surface area contributed by atoms with Crippen LogP contribution < -0.4 is 10.6 Å². The molecular formula is C16H16F3N3O2. The van der Waals surface area contributed by atoms with Gasteiger partial charge in [-0.25, -0.2) is 9.78 Å². The lowest BCUT2D eigenvalue weighted by Crippen LogP contribution is -2.48. The quantitative estimate of drug-likeness (QED) is 0.801. The Bertz CT molecular complexity index is 707. The Hall–Kier alpha value is -2.61. The van der Waals surface area contributed by atoms with Crippen molar-refractivity contribution in [2.75, 3.05) is 11.9 Å². The Balaban J connectivity index is 2.20. The van der Waals surface area contributed by atoms with Crippen LogP contribution in [0.25, 0.3) is 0 Å². The number of benzene rings is 1. The summed E-state index contributed by atoms with van der Waals surface area (Å²) in [6.07, 6.45) is -3.03. The number of rotatable bonds is 4. The van der Waals surface area contributed by atoms with Crippen molar-refractivity contribution in [3.8, 4) is 0 Å². The number of amides is 2. The van der Waals surface area contributed by atoms with E-state index in [2.05, 4.69) is 15.6 Å². The van der Waals surface area contributed by atoms with E-state index in [9.17, 15) is 23.1 Å². The van der Waals surface area contributed by atoms with Crippen molar-refractivity contribution in [1.82, 2.24) is 10.3 Å². The first-order valence-corrected chi connectivity index (χ1v) is 7.03. The Kier molecular flexibility index (Phi) is 5.08. The van der Waals surface area contributed by atoms with Crippen LogP contribution in [0.5, 0.6) is 0 Å². The number of hydrogen-bond donors (Lipinski definition) is 3. The molecule has 3 N–H and O–H groups in total. The number of aromatic nitrogens is 1. The molecule has 1 aromatic carbocycles. The number of alkyl halides is 3. The zero-order valence-electron chi connectivity index (χ0n) is 12.8. The second-order valence-electron chi connectivity index (χ2n) is 5.36. The van der Waals surface area contributed by atoms with Gasteiger partial charge in [0.1, 0.15) is 5.82 Å². The molecule has 2 amide bonds. The summed E-state index contributed by atoms with van der Waals surface area (Å²) in [6, 6.07) is 8.66. The van der Waals surface area contributed by atoms with E-state index in [1.165, 1.54) is 25.3 Å². The summed E-state index contributed by atoms with van der Waals surface area (Å²) in [4.78, 5) is 16.0. The molecule has 5 nitrogen and oxygen atoms in total. The largest absolute Gasteiger partial charge is 0.416 e. The average molecular weight is 339 g/mol. The van der Waals surface area contributed by atoms with E-state index in [1.54, 1.807) is 18.2 Å². The highest BCUT2D eigenvalue weighted by Crippen LogP contribution is 2.32. The lowest BCUT2D eigenvalue weighted by molar-refractivity contribution is -0.137. The van der Waals surface area contributed by atoms with Crippen LogP contribution in [0.15, 0.2) is 48.7 Å². The minimum Gasteiger partial charge on any atom is -0.394 e. The molecule has 8 heteroatoms. The van der Waals surface area contributed by atoms with E-state index in [1.807, 2.05) is 0 Å². The molecule has 0 aliphatic rings. The Morgan fingerprint density at radius 2 is 1.88 bits per heavy atom. The monoisotopic (exact) mass is 339 g/mol. The minimum atomic E-state index is -4.51. The SMILES string of the molecule is CC(CO)(NC(=O)Nc1ccccn1)c1cccc(C(F)(F)F)c1. The molecule has 1 atom stereocenters. The van der Waals surface area contributed by atoms with Gasteiger partial charge in [0.05, 0.1) is 17.7 Å². The summed E-state index contributed by atoms with van der Waals surface area (Å²) in [7, 11) is 0. The summed E-state index contributed by atoms with van der Waals surface area (Å²) in [5.41, 5.74) is -2.11. The lowest BCUT2D eigenvalue weighted by Gasteiger charge is -2.29. The van der Waals surface area contributed by atoms with Crippen LogP contribution in [0.3, 0.4) is 0 Å². The van der Waals surface area contributed by atoms with Gasteiger partial charge in [0.15, 0.2) is 0 Å². The summed E-state index contributed by atoms with van der Waals surface area (Å²) in [5, 5.41) is 14.5. The molecule has 0 aliphatic carbocycles. The predicted molar refractivity (Wildman–Crippen MR) is 82.3 cm³/mol. The van der Waals surface area contributed by atoms with Gasteiger partial charge in [-0.15, -0.1) is 0 Å². The summed E-state index contributed by atoms with van der Waals surface area (Å²) in [6.45, 7) is 0.852. The van der Waals surface area contributed by atoms with Gasteiger partial charge in [0.2, 0.25) is 0 Å². The second kappa shape index (κ2) is 6.88. The van der Waals surface area contributed by atoms with E-state index >= 15 is 0 Å². The van der Waals surface area contributed by atoms with Gasteiger partial charge in [-0.3, -0.25) is 5.32 Å². The molecule has 2 aromatic rings. The fourth-order valence-electron chi connectivity index (χ4n) is 2.08. The number of carbonyl (C=O) groups excluding carboxylic acids is 1. The Labute approximate surface area is 136 Å². The number of hydrogen-bond acceptors (Lipinski definition) is 3. The van der Waals surface area contributed by atoms with Crippen LogP contribution in [0.1, 0.15) is 18.1 Å². The maximum atomic E-state index is 12.8. The standard InChI is InChI=1S/C16H16F3N3O2/c1-15(10-23,11-5-4-6-12(9-11)16(17,18)19)22-14(24)21-13-7-2-3-8-20-13/h2-9,23H,10H2,1H3,(H2,20,21,22,24). The molecule has 0 bridgehead atoms. The number of pyridine rings is 1. The fourth-order valence-corrected chi connectivity index (χ4v) is 2.08. The van der Waals surface area contributed by atoms with Crippen LogP contribution >= 0.6 is 0 Å². The molecule has 0 saturated heterocycles. The van der Waals surface area contributed by atoms with Gasteiger partial charge in [0.25, 0.3) is 0 Å². The third-order valence-electron chi connectivity index (χ3n) is 3.44. The van der Waals surface area contributed by atoms with Crippen molar-refractivity contribution in [2.24, 2.45) is 0 Å². The van der Waals surface area contributed by atoms with E-state index < -0.39 is 29.9 Å². The molecule has 2 rings (SSSR count). The van der Waals surface area contributed by atoms with Crippen LogP contribution in [-0.2, 0) is 11.7 Å². The number of halogens is 3.